The van der Waals surface area contributed by atoms with E-state index >= 15 is 0 Å². The Kier molecular flexibility index (Phi) is 3.13. The molecule has 0 radical (unpaired) electrons. The van der Waals surface area contributed by atoms with Crippen molar-refractivity contribution in [1.29, 1.82) is 0 Å². The second kappa shape index (κ2) is 5.15. The van der Waals surface area contributed by atoms with Crippen molar-refractivity contribution in [2.24, 2.45) is 0 Å². The van der Waals surface area contributed by atoms with Gasteiger partial charge in [-0.25, -0.2) is 0 Å². The minimum Gasteiger partial charge on any atom is -0.348 e. The first-order chi connectivity index (χ1) is 10.7. The largest absolute Gasteiger partial charge is 0.348 e. The van der Waals surface area contributed by atoms with Crippen molar-refractivity contribution in [1.82, 2.24) is 10.6 Å². The van der Waals surface area contributed by atoms with Gasteiger partial charge in [0.15, 0.2) is 0 Å². The Morgan fingerprint density at radius 2 is 2.18 bits per heavy atom. The fourth-order valence-electron chi connectivity index (χ4n) is 3.78. The van der Waals surface area contributed by atoms with E-state index in [1.54, 1.807) is 0 Å². The average Bonchev–Trinajstić information content (AvgIpc) is 3.16. The zero-order valence-electron chi connectivity index (χ0n) is 12.3. The highest BCUT2D eigenvalue weighted by atomic mass is 16.1. The van der Waals surface area contributed by atoms with Gasteiger partial charge in [-0.1, -0.05) is 24.1 Å². The molecule has 2 aromatic rings. The zero-order chi connectivity index (χ0) is 15.1. The van der Waals surface area contributed by atoms with E-state index in [0.29, 0.717) is 17.6 Å². The van der Waals surface area contributed by atoms with Crippen molar-refractivity contribution in [3.63, 3.8) is 0 Å². The standard InChI is InChI=1S/C19H18N2O/c1-2-12-4-3-5-13-6-7-14(10-16(12)13)19(22)21-18-11-15-8-9-17(18)20-15/h1,3-7,10,15,17-18,20H,8-9,11H2,(H,21,22)/t15-,17+,18-/m1/s1. The van der Waals surface area contributed by atoms with Crippen molar-refractivity contribution >= 4 is 16.7 Å². The Morgan fingerprint density at radius 3 is 2.91 bits per heavy atom. The lowest BCUT2D eigenvalue weighted by Gasteiger charge is -2.21. The molecule has 3 heteroatoms. The molecule has 2 aliphatic heterocycles. The second-order valence-corrected chi connectivity index (χ2v) is 6.25. The first-order valence-corrected chi connectivity index (χ1v) is 7.81. The van der Waals surface area contributed by atoms with Crippen molar-refractivity contribution in [2.75, 3.05) is 0 Å². The summed E-state index contributed by atoms with van der Waals surface area (Å²) in [4.78, 5) is 12.5. The van der Waals surface area contributed by atoms with Gasteiger partial charge in [-0.05, 0) is 48.2 Å². The maximum atomic E-state index is 12.5. The van der Waals surface area contributed by atoms with Gasteiger partial charge >= 0.3 is 0 Å². The van der Waals surface area contributed by atoms with Crippen molar-refractivity contribution in [3.8, 4) is 12.3 Å². The van der Waals surface area contributed by atoms with Crippen LogP contribution in [0.4, 0.5) is 0 Å². The van der Waals surface area contributed by atoms with E-state index < -0.39 is 0 Å². The number of hydrogen-bond acceptors (Lipinski definition) is 2. The van der Waals surface area contributed by atoms with Gasteiger partial charge < -0.3 is 10.6 Å². The molecule has 0 unspecified atom stereocenters. The molecule has 2 aromatic carbocycles. The van der Waals surface area contributed by atoms with Crippen LogP contribution < -0.4 is 10.6 Å². The molecular weight excluding hydrogens is 272 g/mol. The number of nitrogens with one attached hydrogen (secondary N) is 2. The minimum absolute atomic E-state index is 0.00641. The van der Waals surface area contributed by atoms with Crippen LogP contribution in [0.5, 0.6) is 0 Å². The quantitative estimate of drug-likeness (QED) is 0.834. The molecule has 2 fully saturated rings. The lowest BCUT2D eigenvalue weighted by Crippen LogP contribution is -2.42. The summed E-state index contributed by atoms with van der Waals surface area (Å²) >= 11 is 0. The van der Waals surface area contributed by atoms with Gasteiger partial charge in [-0.3, -0.25) is 4.79 Å². The monoisotopic (exact) mass is 290 g/mol. The smallest absolute Gasteiger partial charge is 0.251 e. The van der Waals surface area contributed by atoms with Gasteiger partial charge in [0.1, 0.15) is 0 Å². The van der Waals surface area contributed by atoms with Gasteiger partial charge in [0.05, 0.1) is 0 Å². The molecule has 2 N–H and O–H groups in total. The third kappa shape index (κ3) is 2.17. The number of carbonyl (C=O) groups is 1. The van der Waals surface area contributed by atoms with Crippen molar-refractivity contribution in [3.05, 3.63) is 47.5 Å². The highest BCUT2D eigenvalue weighted by Gasteiger charge is 2.39. The first kappa shape index (κ1) is 13.4. The summed E-state index contributed by atoms with van der Waals surface area (Å²) in [6.45, 7) is 0. The van der Waals surface area contributed by atoms with Gasteiger partial charge in [-0.2, -0.15) is 0 Å². The van der Waals surface area contributed by atoms with E-state index in [4.69, 9.17) is 6.42 Å². The lowest BCUT2D eigenvalue weighted by molar-refractivity contribution is 0.0931. The average molecular weight is 290 g/mol. The third-order valence-corrected chi connectivity index (χ3v) is 4.92. The molecule has 22 heavy (non-hydrogen) atoms. The molecule has 0 aromatic heterocycles. The summed E-state index contributed by atoms with van der Waals surface area (Å²) in [5, 5.41) is 8.74. The number of rotatable bonds is 2. The second-order valence-electron chi connectivity index (χ2n) is 6.25. The normalized spacial score (nSPS) is 26.0. The predicted molar refractivity (Wildman–Crippen MR) is 87.7 cm³/mol. The van der Waals surface area contributed by atoms with Crippen molar-refractivity contribution < 1.29 is 4.79 Å². The number of fused-ring (bicyclic) bond motifs is 3. The molecular formula is C19H18N2O. The zero-order valence-corrected chi connectivity index (χ0v) is 12.3. The molecule has 0 saturated carbocycles. The molecule has 1 amide bonds. The van der Waals surface area contributed by atoms with E-state index in [1.165, 1.54) is 6.42 Å². The van der Waals surface area contributed by atoms with Crippen LogP contribution in [0.25, 0.3) is 10.8 Å². The Balaban J connectivity index is 1.61. The summed E-state index contributed by atoms with van der Waals surface area (Å²) in [7, 11) is 0. The Bertz CT molecular complexity index is 790. The van der Waals surface area contributed by atoms with Crippen LogP contribution >= 0.6 is 0 Å². The fraction of sp³-hybridized carbons (Fsp3) is 0.316. The van der Waals surface area contributed by atoms with Gasteiger partial charge in [0, 0.05) is 29.3 Å². The molecule has 0 aliphatic carbocycles. The van der Waals surface area contributed by atoms with E-state index in [2.05, 4.69) is 16.6 Å². The lowest BCUT2D eigenvalue weighted by atomic mass is 9.95. The number of carbonyl (C=O) groups excluding carboxylic acids is 1. The highest BCUT2D eigenvalue weighted by Crippen LogP contribution is 2.28. The van der Waals surface area contributed by atoms with Gasteiger partial charge in [0.25, 0.3) is 5.91 Å². The molecule has 2 heterocycles. The van der Waals surface area contributed by atoms with E-state index in [0.717, 1.165) is 29.2 Å². The van der Waals surface area contributed by atoms with Crippen molar-refractivity contribution in [2.45, 2.75) is 37.4 Å². The molecule has 4 rings (SSSR count). The van der Waals surface area contributed by atoms with Gasteiger partial charge in [-0.15, -0.1) is 6.42 Å². The number of hydrogen-bond donors (Lipinski definition) is 2. The Labute approximate surface area is 130 Å². The number of amides is 1. The van der Waals surface area contributed by atoms with E-state index in [-0.39, 0.29) is 11.9 Å². The number of terminal acetylenes is 1. The molecule has 2 bridgehead atoms. The molecule has 2 aliphatic rings. The topological polar surface area (TPSA) is 41.1 Å². The van der Waals surface area contributed by atoms with Crippen LogP contribution in [-0.4, -0.2) is 24.0 Å². The predicted octanol–water partition coefficient (Wildman–Crippen LogP) is 2.44. The molecule has 3 nitrogen and oxygen atoms in total. The van der Waals surface area contributed by atoms with Crippen LogP contribution in [0.2, 0.25) is 0 Å². The highest BCUT2D eigenvalue weighted by molar-refractivity contribution is 6.00. The molecule has 2 saturated heterocycles. The first-order valence-electron chi connectivity index (χ1n) is 7.81. The number of benzene rings is 2. The Hall–Kier alpha value is -2.31. The van der Waals surface area contributed by atoms with E-state index in [9.17, 15) is 4.79 Å². The van der Waals surface area contributed by atoms with Crippen LogP contribution in [0.3, 0.4) is 0 Å². The maximum absolute atomic E-state index is 12.5. The summed E-state index contributed by atoms with van der Waals surface area (Å²) in [6.07, 6.45) is 8.99. The maximum Gasteiger partial charge on any atom is 0.251 e. The molecule has 0 spiro atoms. The molecule has 110 valence electrons. The van der Waals surface area contributed by atoms with Crippen LogP contribution in [0.15, 0.2) is 36.4 Å². The minimum atomic E-state index is -0.00641. The van der Waals surface area contributed by atoms with Gasteiger partial charge in [0.2, 0.25) is 0 Å². The summed E-state index contributed by atoms with van der Waals surface area (Å²) in [6, 6.07) is 12.9. The fourth-order valence-corrected chi connectivity index (χ4v) is 3.78. The van der Waals surface area contributed by atoms with Crippen LogP contribution in [-0.2, 0) is 0 Å². The summed E-state index contributed by atoms with van der Waals surface area (Å²) in [5.41, 5.74) is 1.51. The van der Waals surface area contributed by atoms with Crippen LogP contribution in [0.1, 0.15) is 35.2 Å². The summed E-state index contributed by atoms with van der Waals surface area (Å²) in [5.74, 6) is 2.68. The van der Waals surface area contributed by atoms with E-state index in [1.807, 2.05) is 36.4 Å². The molecule has 3 atom stereocenters. The summed E-state index contributed by atoms with van der Waals surface area (Å²) < 4.78 is 0. The Morgan fingerprint density at radius 1 is 1.27 bits per heavy atom. The van der Waals surface area contributed by atoms with Crippen LogP contribution in [0, 0.1) is 12.3 Å². The third-order valence-electron chi connectivity index (χ3n) is 4.92. The SMILES string of the molecule is C#Cc1cccc2ccc(C(=O)N[C@@H]3C[C@H]4CC[C@@H]3N4)cc12.